The van der Waals surface area contributed by atoms with Crippen LogP contribution >= 0.6 is 11.6 Å². The lowest BCUT2D eigenvalue weighted by Crippen LogP contribution is -2.17. The molecule has 2 N–H and O–H groups in total. The molecule has 0 aliphatic rings. The fourth-order valence-corrected chi connectivity index (χ4v) is 1.95. The second-order valence-corrected chi connectivity index (χ2v) is 4.89. The van der Waals surface area contributed by atoms with Gasteiger partial charge in [0.1, 0.15) is 0 Å². The van der Waals surface area contributed by atoms with Gasteiger partial charge in [-0.25, -0.2) is 5.43 Å². The van der Waals surface area contributed by atoms with Crippen molar-refractivity contribution >= 4 is 35.3 Å². The van der Waals surface area contributed by atoms with E-state index >= 15 is 0 Å². The Morgan fingerprint density at radius 2 is 1.77 bits per heavy atom. The van der Waals surface area contributed by atoms with E-state index in [2.05, 4.69) is 15.8 Å². The molecule has 2 rings (SSSR count). The molecule has 2 aromatic rings. The minimum atomic E-state index is -0.378. The van der Waals surface area contributed by atoms with Gasteiger partial charge in [-0.1, -0.05) is 35.9 Å². The fourth-order valence-electron chi connectivity index (χ4n) is 1.73. The van der Waals surface area contributed by atoms with E-state index in [9.17, 15) is 9.59 Å². The first-order chi connectivity index (χ1) is 10.6. The fraction of sp³-hybridized carbons (Fsp3) is 0.0625. The van der Waals surface area contributed by atoms with Crippen molar-refractivity contribution in [3.05, 3.63) is 64.7 Å². The molecule has 0 radical (unpaired) electrons. The zero-order chi connectivity index (χ0) is 15.9. The maximum absolute atomic E-state index is 11.9. The van der Waals surface area contributed by atoms with Crippen molar-refractivity contribution < 1.29 is 9.59 Å². The first-order valence-corrected chi connectivity index (χ1v) is 6.89. The van der Waals surface area contributed by atoms with Crippen LogP contribution in [-0.4, -0.2) is 18.0 Å². The van der Waals surface area contributed by atoms with Gasteiger partial charge in [0.2, 0.25) is 5.91 Å². The van der Waals surface area contributed by atoms with Crippen LogP contribution in [0, 0.1) is 0 Å². The molecule has 2 aromatic carbocycles. The molecular weight excluding hydrogens is 302 g/mol. The Morgan fingerprint density at radius 1 is 1.09 bits per heavy atom. The molecule has 0 fully saturated rings. The quantitative estimate of drug-likeness (QED) is 0.672. The third kappa shape index (κ3) is 4.43. The van der Waals surface area contributed by atoms with Crippen LogP contribution in [-0.2, 0) is 4.79 Å². The number of carbonyl (C=O) groups is 2. The molecule has 0 saturated heterocycles. The van der Waals surface area contributed by atoms with Crippen LogP contribution in [0.1, 0.15) is 22.8 Å². The molecule has 22 heavy (non-hydrogen) atoms. The van der Waals surface area contributed by atoms with E-state index < -0.39 is 0 Å². The lowest BCUT2D eigenvalue weighted by Gasteiger charge is -2.03. The van der Waals surface area contributed by atoms with E-state index in [0.29, 0.717) is 16.3 Å². The largest absolute Gasteiger partial charge is 0.326 e. The topological polar surface area (TPSA) is 70.6 Å². The summed E-state index contributed by atoms with van der Waals surface area (Å²) in [6.45, 7) is 1.44. The number of hydrogen-bond donors (Lipinski definition) is 2. The highest BCUT2D eigenvalue weighted by Crippen LogP contribution is 2.14. The van der Waals surface area contributed by atoms with Crippen molar-refractivity contribution in [1.82, 2.24) is 5.43 Å². The van der Waals surface area contributed by atoms with Gasteiger partial charge in [-0.15, -0.1) is 0 Å². The summed E-state index contributed by atoms with van der Waals surface area (Å²) in [6, 6.07) is 13.8. The van der Waals surface area contributed by atoms with Gasteiger partial charge in [0.15, 0.2) is 0 Å². The van der Waals surface area contributed by atoms with E-state index in [1.54, 1.807) is 48.5 Å². The van der Waals surface area contributed by atoms with Gasteiger partial charge in [0.05, 0.1) is 16.8 Å². The average molecular weight is 316 g/mol. The number of hydrogen-bond acceptors (Lipinski definition) is 3. The molecule has 6 heteroatoms. The van der Waals surface area contributed by atoms with Gasteiger partial charge in [-0.05, 0) is 29.8 Å². The molecule has 0 aromatic heterocycles. The molecule has 5 nitrogen and oxygen atoms in total. The summed E-state index contributed by atoms with van der Waals surface area (Å²) in [5.41, 5.74) is 4.26. The molecule has 0 spiro atoms. The van der Waals surface area contributed by atoms with Gasteiger partial charge >= 0.3 is 0 Å². The average Bonchev–Trinajstić information content (AvgIpc) is 2.49. The summed E-state index contributed by atoms with van der Waals surface area (Å²) in [5, 5.41) is 6.92. The Morgan fingerprint density at radius 3 is 2.41 bits per heavy atom. The van der Waals surface area contributed by atoms with Crippen LogP contribution in [0.5, 0.6) is 0 Å². The Labute approximate surface area is 133 Å². The van der Waals surface area contributed by atoms with Gasteiger partial charge < -0.3 is 5.32 Å². The van der Waals surface area contributed by atoms with Gasteiger partial charge in [0.25, 0.3) is 5.91 Å². The van der Waals surface area contributed by atoms with E-state index in [0.717, 1.165) is 5.56 Å². The van der Waals surface area contributed by atoms with Crippen LogP contribution in [0.3, 0.4) is 0 Å². The van der Waals surface area contributed by atoms with E-state index in [1.807, 2.05) is 0 Å². The van der Waals surface area contributed by atoms with Gasteiger partial charge in [-0.3, -0.25) is 9.59 Å². The van der Waals surface area contributed by atoms with Crippen molar-refractivity contribution in [1.29, 1.82) is 0 Å². The second kappa shape index (κ2) is 7.38. The van der Waals surface area contributed by atoms with Crippen molar-refractivity contribution in [2.75, 3.05) is 5.32 Å². The second-order valence-electron chi connectivity index (χ2n) is 4.48. The Kier molecular flexibility index (Phi) is 5.27. The molecule has 0 unspecified atom stereocenters. The minimum Gasteiger partial charge on any atom is -0.326 e. The van der Waals surface area contributed by atoms with Crippen LogP contribution in [0.4, 0.5) is 5.69 Å². The highest BCUT2D eigenvalue weighted by atomic mass is 35.5. The maximum Gasteiger partial charge on any atom is 0.272 e. The number of carbonyl (C=O) groups excluding carboxylic acids is 2. The van der Waals surface area contributed by atoms with Crippen molar-refractivity contribution in [3.63, 3.8) is 0 Å². The first-order valence-electron chi connectivity index (χ1n) is 6.52. The number of halogens is 1. The predicted molar refractivity (Wildman–Crippen MR) is 87.3 cm³/mol. The zero-order valence-corrected chi connectivity index (χ0v) is 12.6. The zero-order valence-electron chi connectivity index (χ0n) is 11.8. The maximum atomic E-state index is 11.9. The van der Waals surface area contributed by atoms with Crippen molar-refractivity contribution in [3.8, 4) is 0 Å². The number of rotatable bonds is 4. The van der Waals surface area contributed by atoms with Crippen molar-refractivity contribution in [2.24, 2.45) is 5.10 Å². The molecule has 112 valence electrons. The molecule has 0 heterocycles. The summed E-state index contributed by atoms with van der Waals surface area (Å²) >= 11 is 5.93. The molecule has 0 aliphatic heterocycles. The molecule has 0 aliphatic carbocycles. The summed E-state index contributed by atoms with van der Waals surface area (Å²) in [7, 11) is 0. The number of hydrazone groups is 1. The van der Waals surface area contributed by atoms with E-state index in [4.69, 9.17) is 11.6 Å². The monoisotopic (exact) mass is 315 g/mol. The normalized spacial score (nSPS) is 10.5. The first kappa shape index (κ1) is 15.7. The van der Waals surface area contributed by atoms with Crippen LogP contribution in [0.25, 0.3) is 0 Å². The summed E-state index contributed by atoms with van der Waals surface area (Å²) in [6.07, 6.45) is 1.51. The third-order valence-corrected chi connectivity index (χ3v) is 3.06. The smallest absolute Gasteiger partial charge is 0.272 e. The van der Waals surface area contributed by atoms with Crippen LogP contribution in [0.2, 0.25) is 5.02 Å². The number of nitrogens with one attached hydrogen (secondary N) is 2. The predicted octanol–water partition coefficient (Wildman–Crippen LogP) is 3.06. The van der Waals surface area contributed by atoms with Crippen molar-refractivity contribution in [2.45, 2.75) is 6.92 Å². The van der Waals surface area contributed by atoms with E-state index in [1.165, 1.54) is 13.1 Å². The number of benzene rings is 2. The molecule has 2 amide bonds. The molecule has 0 atom stereocenters. The Bertz CT molecular complexity index is 712. The minimum absolute atomic E-state index is 0.131. The number of amides is 2. The summed E-state index contributed by atoms with van der Waals surface area (Å²) < 4.78 is 0. The highest BCUT2D eigenvalue weighted by molar-refractivity contribution is 6.33. The number of anilines is 1. The summed E-state index contributed by atoms with van der Waals surface area (Å²) in [5.74, 6) is -0.509. The number of nitrogens with zero attached hydrogens (tertiary/aromatic N) is 1. The van der Waals surface area contributed by atoms with Crippen LogP contribution < -0.4 is 10.7 Å². The van der Waals surface area contributed by atoms with Gasteiger partial charge in [-0.2, -0.15) is 5.10 Å². The molecular formula is C16H14ClN3O2. The van der Waals surface area contributed by atoms with E-state index in [-0.39, 0.29) is 11.8 Å². The lowest BCUT2D eigenvalue weighted by atomic mass is 10.2. The molecule has 0 bridgehead atoms. The third-order valence-electron chi connectivity index (χ3n) is 2.73. The highest BCUT2D eigenvalue weighted by Gasteiger charge is 2.07. The van der Waals surface area contributed by atoms with Gasteiger partial charge in [0, 0.05) is 12.6 Å². The Hall–Kier alpha value is -2.66. The standard InChI is InChI=1S/C16H14ClN3O2/c1-11(21)19-13-8-6-12(7-9-13)10-18-20-16(22)14-4-2-3-5-15(14)17/h2-10H,1H3,(H,19,21)(H,20,22). The Balaban J connectivity index is 1.96. The SMILES string of the molecule is CC(=O)Nc1ccc(C=NNC(=O)c2ccccc2Cl)cc1. The molecule has 0 saturated carbocycles. The van der Waals surface area contributed by atoms with Crippen LogP contribution in [0.15, 0.2) is 53.6 Å². The lowest BCUT2D eigenvalue weighted by molar-refractivity contribution is -0.114. The summed E-state index contributed by atoms with van der Waals surface area (Å²) in [4.78, 5) is 22.8.